The van der Waals surface area contributed by atoms with Gasteiger partial charge in [0, 0.05) is 49.8 Å². The maximum atomic E-state index is 14.3. The van der Waals surface area contributed by atoms with Crippen molar-refractivity contribution in [1.29, 1.82) is 0 Å². The predicted octanol–water partition coefficient (Wildman–Crippen LogP) is 3.89. The molecular weight excluding hydrogens is 457 g/mol. The van der Waals surface area contributed by atoms with Gasteiger partial charge in [0.25, 0.3) is 5.56 Å². The Morgan fingerprint density at radius 3 is 2.76 bits per heavy atom. The van der Waals surface area contributed by atoms with E-state index in [0.717, 1.165) is 51.1 Å². The topological polar surface area (TPSA) is 81.1 Å². The molecule has 0 amide bonds. The Morgan fingerprint density at radius 1 is 1.18 bits per heavy atom. The standard InChI is InChI=1S/C25H27ClFN5O2/c26-20-2-1-17(13-21(20)27)24(18-3-8-28-15-18)32-10-5-16(14-23(32)33)22-4-9-29-25(31-22)30-19-6-11-34-12-7-19/h1-2,4-5,9-10,13-14,18-19,24,28H,3,6-8,11-12,15H2,(H,29,30,31)/t18-,24?/m0/s1. The SMILES string of the molecule is O=c1cc(-c2ccnc(NC3CCOCC3)n2)ccn1C(c1ccc(Cl)c(F)c1)[C@H]1CCNC1. The second kappa shape index (κ2) is 10.2. The molecule has 2 aromatic heterocycles. The van der Waals surface area contributed by atoms with Crippen LogP contribution in [0.25, 0.3) is 11.3 Å². The van der Waals surface area contributed by atoms with Crippen LogP contribution in [0.4, 0.5) is 10.3 Å². The summed E-state index contributed by atoms with van der Waals surface area (Å²) in [6, 6.07) is 10.0. The van der Waals surface area contributed by atoms with E-state index < -0.39 is 5.82 Å². The second-order valence-corrected chi connectivity index (χ2v) is 9.24. The molecule has 2 aliphatic heterocycles. The maximum Gasteiger partial charge on any atom is 0.251 e. The Hall–Kier alpha value is -2.81. The minimum atomic E-state index is -0.481. The van der Waals surface area contributed by atoms with Crippen molar-refractivity contribution in [1.82, 2.24) is 19.9 Å². The lowest BCUT2D eigenvalue weighted by Crippen LogP contribution is -2.31. The number of nitrogens with one attached hydrogen (secondary N) is 2. The first-order chi connectivity index (χ1) is 16.6. The highest BCUT2D eigenvalue weighted by Crippen LogP contribution is 2.32. The first kappa shape index (κ1) is 23.0. The Balaban J connectivity index is 1.44. The average Bonchev–Trinajstić information content (AvgIpc) is 3.38. The van der Waals surface area contributed by atoms with Crippen molar-refractivity contribution >= 4 is 17.5 Å². The molecule has 0 radical (unpaired) electrons. The molecule has 5 rings (SSSR count). The molecule has 9 heteroatoms. The summed E-state index contributed by atoms with van der Waals surface area (Å²) in [4.78, 5) is 22.2. The van der Waals surface area contributed by atoms with Gasteiger partial charge in [-0.3, -0.25) is 4.79 Å². The van der Waals surface area contributed by atoms with Gasteiger partial charge in [-0.25, -0.2) is 14.4 Å². The van der Waals surface area contributed by atoms with Crippen molar-refractivity contribution in [3.63, 3.8) is 0 Å². The molecule has 1 aromatic carbocycles. The first-order valence-corrected chi connectivity index (χ1v) is 12.0. The number of benzene rings is 1. The number of ether oxygens (including phenoxy) is 1. The van der Waals surface area contributed by atoms with E-state index in [2.05, 4.69) is 20.6 Å². The number of anilines is 1. The summed E-state index contributed by atoms with van der Waals surface area (Å²) in [5, 5.41) is 6.79. The lowest BCUT2D eigenvalue weighted by Gasteiger charge is -2.26. The van der Waals surface area contributed by atoms with Crippen LogP contribution in [0.15, 0.2) is 53.6 Å². The summed E-state index contributed by atoms with van der Waals surface area (Å²) < 4.78 is 21.4. The van der Waals surface area contributed by atoms with E-state index in [0.29, 0.717) is 17.2 Å². The summed E-state index contributed by atoms with van der Waals surface area (Å²) in [6.45, 7) is 3.08. The van der Waals surface area contributed by atoms with E-state index in [1.807, 2.05) is 6.07 Å². The van der Waals surface area contributed by atoms with Crippen LogP contribution in [-0.2, 0) is 4.74 Å². The molecule has 2 atom stereocenters. The number of hydrogen-bond acceptors (Lipinski definition) is 6. The smallest absolute Gasteiger partial charge is 0.251 e. The molecule has 34 heavy (non-hydrogen) atoms. The van der Waals surface area contributed by atoms with Gasteiger partial charge in [0.2, 0.25) is 5.95 Å². The number of hydrogen-bond donors (Lipinski definition) is 2. The fourth-order valence-electron chi connectivity index (χ4n) is 4.80. The molecule has 3 aromatic rings. The summed E-state index contributed by atoms with van der Waals surface area (Å²) in [6.07, 6.45) is 6.19. The molecule has 2 saturated heterocycles. The van der Waals surface area contributed by atoms with E-state index in [1.54, 1.807) is 41.2 Å². The zero-order chi connectivity index (χ0) is 23.5. The van der Waals surface area contributed by atoms with Crippen molar-refractivity contribution < 1.29 is 9.13 Å². The molecule has 178 valence electrons. The molecule has 1 unspecified atom stereocenters. The van der Waals surface area contributed by atoms with Crippen LogP contribution in [0.5, 0.6) is 0 Å². The summed E-state index contributed by atoms with van der Waals surface area (Å²) >= 11 is 5.91. The third-order valence-corrected chi connectivity index (χ3v) is 6.89. The Bertz CT molecular complexity index is 1210. The second-order valence-electron chi connectivity index (χ2n) is 8.83. The lowest BCUT2D eigenvalue weighted by molar-refractivity contribution is 0.0903. The first-order valence-electron chi connectivity index (χ1n) is 11.6. The molecule has 2 aliphatic rings. The zero-order valence-corrected chi connectivity index (χ0v) is 19.5. The predicted molar refractivity (Wildman–Crippen MR) is 130 cm³/mol. The Labute approximate surface area is 202 Å². The van der Waals surface area contributed by atoms with Crippen LogP contribution < -0.4 is 16.2 Å². The fourth-order valence-corrected chi connectivity index (χ4v) is 4.91. The molecule has 0 aliphatic carbocycles. The van der Waals surface area contributed by atoms with Gasteiger partial charge in [-0.05, 0) is 61.6 Å². The average molecular weight is 484 g/mol. The normalized spacial score (nSPS) is 19.8. The molecule has 4 heterocycles. The number of rotatable bonds is 6. The van der Waals surface area contributed by atoms with Crippen LogP contribution in [0, 0.1) is 11.7 Å². The van der Waals surface area contributed by atoms with Crippen LogP contribution in [0.3, 0.4) is 0 Å². The van der Waals surface area contributed by atoms with Crippen molar-refractivity contribution in [3.05, 3.63) is 75.5 Å². The quantitative estimate of drug-likeness (QED) is 0.553. The molecule has 2 fully saturated rings. The van der Waals surface area contributed by atoms with Crippen molar-refractivity contribution in [2.24, 2.45) is 5.92 Å². The van der Waals surface area contributed by atoms with Crippen LogP contribution in [-0.4, -0.2) is 46.9 Å². The van der Waals surface area contributed by atoms with Gasteiger partial charge in [-0.2, -0.15) is 0 Å². The maximum absolute atomic E-state index is 14.3. The third kappa shape index (κ3) is 4.99. The van der Waals surface area contributed by atoms with Gasteiger partial charge in [0.05, 0.1) is 16.8 Å². The highest BCUT2D eigenvalue weighted by atomic mass is 35.5. The molecule has 0 saturated carbocycles. The van der Waals surface area contributed by atoms with Crippen LogP contribution in [0.2, 0.25) is 5.02 Å². The summed E-state index contributed by atoms with van der Waals surface area (Å²) in [7, 11) is 0. The lowest BCUT2D eigenvalue weighted by atomic mass is 9.91. The van der Waals surface area contributed by atoms with Gasteiger partial charge >= 0.3 is 0 Å². The number of halogens is 2. The van der Waals surface area contributed by atoms with Gasteiger partial charge in [-0.15, -0.1) is 0 Å². The van der Waals surface area contributed by atoms with Crippen LogP contribution >= 0.6 is 11.6 Å². The van der Waals surface area contributed by atoms with Gasteiger partial charge in [0.1, 0.15) is 5.82 Å². The van der Waals surface area contributed by atoms with Crippen molar-refractivity contribution in [3.8, 4) is 11.3 Å². The fraction of sp³-hybridized carbons (Fsp3) is 0.400. The highest BCUT2D eigenvalue weighted by Gasteiger charge is 2.29. The molecular formula is C25H27ClFN5O2. The third-order valence-electron chi connectivity index (χ3n) is 6.58. The van der Waals surface area contributed by atoms with E-state index in [-0.39, 0.29) is 28.6 Å². The number of aromatic nitrogens is 3. The molecule has 7 nitrogen and oxygen atoms in total. The van der Waals surface area contributed by atoms with Gasteiger partial charge in [-0.1, -0.05) is 17.7 Å². The van der Waals surface area contributed by atoms with E-state index in [4.69, 9.17) is 16.3 Å². The molecule has 2 N–H and O–H groups in total. The minimum absolute atomic E-state index is 0.0728. The Morgan fingerprint density at radius 2 is 2.03 bits per heavy atom. The van der Waals surface area contributed by atoms with Gasteiger partial charge in [0.15, 0.2) is 0 Å². The van der Waals surface area contributed by atoms with Crippen LogP contribution in [0.1, 0.15) is 30.9 Å². The van der Waals surface area contributed by atoms with Gasteiger partial charge < -0.3 is 19.9 Å². The molecule has 0 spiro atoms. The number of pyridine rings is 1. The van der Waals surface area contributed by atoms with Crippen molar-refractivity contribution in [2.45, 2.75) is 31.3 Å². The molecule has 0 bridgehead atoms. The highest BCUT2D eigenvalue weighted by molar-refractivity contribution is 6.30. The van der Waals surface area contributed by atoms with E-state index in [9.17, 15) is 9.18 Å². The zero-order valence-electron chi connectivity index (χ0n) is 18.7. The minimum Gasteiger partial charge on any atom is -0.381 e. The largest absolute Gasteiger partial charge is 0.381 e. The summed E-state index contributed by atoms with van der Waals surface area (Å²) in [5.74, 6) is 0.226. The summed E-state index contributed by atoms with van der Waals surface area (Å²) in [5.41, 5.74) is 1.95. The van der Waals surface area contributed by atoms with E-state index >= 15 is 0 Å². The Kier molecular flexibility index (Phi) is 6.89. The van der Waals surface area contributed by atoms with E-state index in [1.165, 1.54) is 6.07 Å². The monoisotopic (exact) mass is 483 g/mol. The van der Waals surface area contributed by atoms with Crippen molar-refractivity contribution in [2.75, 3.05) is 31.6 Å². The number of nitrogens with zero attached hydrogens (tertiary/aromatic N) is 3.